The average Bonchev–Trinajstić information content (AvgIpc) is 2.65. The highest BCUT2D eigenvalue weighted by Crippen LogP contribution is 2.57. The molecular formula is C20H29N3O2. The van der Waals surface area contributed by atoms with Crippen molar-refractivity contribution in [3.05, 3.63) is 35.4 Å². The maximum absolute atomic E-state index is 13.1. The summed E-state index contributed by atoms with van der Waals surface area (Å²) in [5, 5.41) is 6.66. The molecule has 1 amide bonds. The first-order chi connectivity index (χ1) is 12.0. The largest absolute Gasteiger partial charge is 0.377 e. The van der Waals surface area contributed by atoms with Crippen molar-refractivity contribution in [1.29, 1.82) is 0 Å². The van der Waals surface area contributed by atoms with Crippen molar-refractivity contribution >= 4 is 5.91 Å². The van der Waals surface area contributed by atoms with E-state index in [0.717, 1.165) is 32.4 Å². The van der Waals surface area contributed by atoms with E-state index in [2.05, 4.69) is 48.7 Å². The zero-order valence-corrected chi connectivity index (χ0v) is 15.2. The maximum atomic E-state index is 13.1. The van der Waals surface area contributed by atoms with Gasteiger partial charge in [-0.25, -0.2) is 0 Å². The van der Waals surface area contributed by atoms with Crippen LogP contribution in [0.25, 0.3) is 0 Å². The van der Waals surface area contributed by atoms with Gasteiger partial charge in [-0.2, -0.15) is 0 Å². The first-order valence-electron chi connectivity index (χ1n) is 9.46. The summed E-state index contributed by atoms with van der Waals surface area (Å²) in [6, 6.07) is 8.61. The minimum atomic E-state index is -0.841. The molecule has 25 heavy (non-hydrogen) atoms. The summed E-state index contributed by atoms with van der Waals surface area (Å²) in [5.41, 5.74) is 8.15. The molecule has 5 nitrogen and oxygen atoms in total. The molecule has 1 aromatic carbocycles. The van der Waals surface area contributed by atoms with Gasteiger partial charge in [-0.1, -0.05) is 38.1 Å². The molecule has 1 aliphatic carbocycles. The second kappa shape index (κ2) is 6.08. The van der Waals surface area contributed by atoms with E-state index < -0.39 is 5.54 Å². The number of nitrogens with two attached hydrogens (primary N) is 1. The predicted octanol–water partition coefficient (Wildman–Crippen LogP) is 1.52. The molecule has 0 aromatic heterocycles. The number of amides is 1. The maximum Gasteiger partial charge on any atom is 0.241 e. The Bertz CT molecular complexity index is 675. The van der Waals surface area contributed by atoms with Crippen LogP contribution in [0.4, 0.5) is 0 Å². The Kier molecular flexibility index (Phi) is 4.13. The zero-order valence-electron chi connectivity index (χ0n) is 15.2. The number of hydrogen-bond donors (Lipinski definition) is 3. The molecule has 4 unspecified atom stereocenters. The van der Waals surface area contributed by atoms with E-state index in [0.29, 0.717) is 6.54 Å². The Morgan fingerprint density at radius 3 is 3.04 bits per heavy atom. The Hall–Kier alpha value is -1.43. The molecule has 0 radical (unpaired) electrons. The molecule has 4 rings (SSSR count). The van der Waals surface area contributed by atoms with Gasteiger partial charge < -0.3 is 21.1 Å². The molecule has 0 bridgehead atoms. The summed E-state index contributed by atoms with van der Waals surface area (Å²) < 4.78 is 5.91. The highest BCUT2D eigenvalue weighted by molar-refractivity contribution is 5.89. The standard InChI is InChI=1S/C20H29N3O2/c1-19(2)17-15(8-5-11-25-17)20(19,21)18(24)23-12-16-14-7-4-3-6-13(14)9-10-22-16/h3-4,6-7,15-17,22H,5,8-12,21H2,1-2H3,(H,23,24). The third-order valence-electron chi connectivity index (χ3n) is 6.74. The number of fused-ring (bicyclic) bond motifs is 2. The summed E-state index contributed by atoms with van der Waals surface area (Å²) in [5.74, 6) is 0.0944. The van der Waals surface area contributed by atoms with Gasteiger partial charge >= 0.3 is 0 Å². The van der Waals surface area contributed by atoms with Crippen LogP contribution in [0.3, 0.4) is 0 Å². The fraction of sp³-hybridized carbons (Fsp3) is 0.650. The topological polar surface area (TPSA) is 76.4 Å². The molecule has 5 heteroatoms. The van der Waals surface area contributed by atoms with Crippen LogP contribution in [0, 0.1) is 11.3 Å². The van der Waals surface area contributed by atoms with Gasteiger partial charge in [0, 0.05) is 30.5 Å². The molecule has 4 N–H and O–H groups in total. The van der Waals surface area contributed by atoms with E-state index in [9.17, 15) is 4.79 Å². The third kappa shape index (κ3) is 2.44. The quantitative estimate of drug-likeness (QED) is 0.778. The van der Waals surface area contributed by atoms with Gasteiger partial charge in [0.1, 0.15) is 5.54 Å². The van der Waals surface area contributed by atoms with Gasteiger partial charge in [-0.15, -0.1) is 0 Å². The van der Waals surface area contributed by atoms with Crippen LogP contribution in [0.1, 0.15) is 43.9 Å². The van der Waals surface area contributed by atoms with Crippen molar-refractivity contribution in [3.8, 4) is 0 Å². The molecule has 3 aliphatic rings. The van der Waals surface area contributed by atoms with E-state index in [1.165, 1.54) is 11.1 Å². The lowest BCUT2D eigenvalue weighted by Gasteiger charge is -2.65. The van der Waals surface area contributed by atoms with Crippen molar-refractivity contribution in [3.63, 3.8) is 0 Å². The van der Waals surface area contributed by atoms with Crippen molar-refractivity contribution in [2.75, 3.05) is 19.7 Å². The number of carbonyl (C=O) groups is 1. The van der Waals surface area contributed by atoms with Crippen LogP contribution in [0.5, 0.6) is 0 Å². The van der Waals surface area contributed by atoms with Crippen LogP contribution < -0.4 is 16.4 Å². The van der Waals surface area contributed by atoms with E-state index in [1.54, 1.807) is 0 Å². The predicted molar refractivity (Wildman–Crippen MR) is 97.1 cm³/mol. The first-order valence-corrected chi connectivity index (χ1v) is 9.46. The van der Waals surface area contributed by atoms with Crippen LogP contribution >= 0.6 is 0 Å². The summed E-state index contributed by atoms with van der Waals surface area (Å²) in [6.45, 7) is 6.42. The number of nitrogens with one attached hydrogen (secondary N) is 2. The molecule has 1 saturated carbocycles. The highest BCUT2D eigenvalue weighted by atomic mass is 16.5. The lowest BCUT2D eigenvalue weighted by Crippen LogP contribution is -2.82. The smallest absolute Gasteiger partial charge is 0.241 e. The van der Waals surface area contributed by atoms with E-state index in [-0.39, 0.29) is 29.4 Å². The molecule has 1 saturated heterocycles. The van der Waals surface area contributed by atoms with Gasteiger partial charge in [0.2, 0.25) is 5.91 Å². The number of benzene rings is 1. The van der Waals surface area contributed by atoms with Crippen LogP contribution in [0.2, 0.25) is 0 Å². The normalized spacial score (nSPS) is 35.9. The monoisotopic (exact) mass is 343 g/mol. The number of ether oxygens (including phenoxy) is 1. The minimum absolute atomic E-state index is 0.0332. The SMILES string of the molecule is CC1(C)C2OCCCC2C1(N)C(=O)NCC1NCCc2ccccc21. The average molecular weight is 343 g/mol. The summed E-state index contributed by atoms with van der Waals surface area (Å²) in [6.07, 6.45) is 3.10. The summed E-state index contributed by atoms with van der Waals surface area (Å²) in [7, 11) is 0. The number of rotatable bonds is 3. The van der Waals surface area contributed by atoms with Crippen LogP contribution in [-0.2, 0) is 16.0 Å². The van der Waals surface area contributed by atoms with Crippen molar-refractivity contribution in [2.45, 2.75) is 50.8 Å². The molecule has 1 aromatic rings. The molecule has 2 heterocycles. The van der Waals surface area contributed by atoms with Crippen molar-refractivity contribution in [2.24, 2.45) is 17.1 Å². The fourth-order valence-corrected chi connectivity index (χ4v) is 5.15. The molecule has 4 atom stereocenters. The Morgan fingerprint density at radius 2 is 2.20 bits per heavy atom. The van der Waals surface area contributed by atoms with E-state index in [1.807, 2.05) is 0 Å². The summed E-state index contributed by atoms with van der Waals surface area (Å²) >= 11 is 0. The van der Waals surface area contributed by atoms with E-state index in [4.69, 9.17) is 10.5 Å². The molecule has 0 spiro atoms. The van der Waals surface area contributed by atoms with Crippen molar-refractivity contribution < 1.29 is 9.53 Å². The highest BCUT2D eigenvalue weighted by Gasteiger charge is 2.70. The molecule has 136 valence electrons. The number of hydrogen-bond acceptors (Lipinski definition) is 4. The van der Waals surface area contributed by atoms with E-state index >= 15 is 0 Å². The van der Waals surface area contributed by atoms with Crippen LogP contribution in [-0.4, -0.2) is 37.2 Å². The first kappa shape index (κ1) is 17.0. The summed E-state index contributed by atoms with van der Waals surface area (Å²) in [4.78, 5) is 13.1. The van der Waals surface area contributed by atoms with Crippen LogP contribution in [0.15, 0.2) is 24.3 Å². The van der Waals surface area contributed by atoms with Gasteiger partial charge in [-0.05, 0) is 36.9 Å². The lowest BCUT2D eigenvalue weighted by molar-refractivity contribution is -0.225. The van der Waals surface area contributed by atoms with Gasteiger partial charge in [-0.3, -0.25) is 4.79 Å². The molecule has 2 aliphatic heterocycles. The second-order valence-corrected chi connectivity index (χ2v) is 8.30. The zero-order chi connectivity index (χ0) is 17.7. The Labute approximate surface area is 149 Å². The van der Waals surface area contributed by atoms with Crippen molar-refractivity contribution in [1.82, 2.24) is 10.6 Å². The second-order valence-electron chi connectivity index (χ2n) is 8.30. The van der Waals surface area contributed by atoms with Gasteiger partial charge in [0.15, 0.2) is 0 Å². The lowest BCUT2D eigenvalue weighted by atomic mass is 9.46. The van der Waals surface area contributed by atoms with Gasteiger partial charge in [0.25, 0.3) is 0 Å². The fourth-order valence-electron chi connectivity index (χ4n) is 5.15. The third-order valence-corrected chi connectivity index (χ3v) is 6.74. The van der Waals surface area contributed by atoms with Gasteiger partial charge in [0.05, 0.1) is 6.10 Å². The minimum Gasteiger partial charge on any atom is -0.377 e. The molecule has 2 fully saturated rings. The molecular weight excluding hydrogens is 314 g/mol. The Balaban J connectivity index is 1.46. The Morgan fingerprint density at radius 1 is 1.40 bits per heavy atom. The number of carbonyl (C=O) groups excluding carboxylic acids is 1.